The van der Waals surface area contributed by atoms with Crippen molar-refractivity contribution in [1.29, 1.82) is 0 Å². The van der Waals surface area contributed by atoms with Crippen molar-refractivity contribution in [1.82, 2.24) is 4.98 Å². The fourth-order valence-corrected chi connectivity index (χ4v) is 0.526. The number of H-pyrrole nitrogens is 1. The molecular formula is C8H8BNO3. The van der Waals surface area contributed by atoms with Gasteiger partial charge in [0.1, 0.15) is 0 Å². The van der Waals surface area contributed by atoms with Gasteiger partial charge < -0.3 is 4.98 Å². The van der Waals surface area contributed by atoms with Gasteiger partial charge in [0.05, 0.1) is 0 Å². The van der Waals surface area contributed by atoms with E-state index in [4.69, 9.17) is 9.81 Å². The summed E-state index contributed by atoms with van der Waals surface area (Å²) in [6, 6.07) is 1.51. The zero-order chi connectivity index (χ0) is 10.1. The van der Waals surface area contributed by atoms with Crippen molar-refractivity contribution in [3.05, 3.63) is 34.2 Å². The molecule has 1 aromatic heterocycles. The maximum atomic E-state index is 10.6. The number of pyridine rings is 1. The van der Waals surface area contributed by atoms with Crippen LogP contribution in [0.15, 0.2) is 23.3 Å². The van der Waals surface area contributed by atoms with Crippen LogP contribution in [-0.4, -0.2) is 17.2 Å². The number of rotatable bonds is 0. The molecular weight excluding hydrogens is 169 g/mol. The molecule has 0 aliphatic heterocycles. The average molecular weight is 177 g/mol. The van der Waals surface area contributed by atoms with E-state index in [1.165, 1.54) is 12.2 Å². The van der Waals surface area contributed by atoms with E-state index in [0.717, 1.165) is 5.56 Å². The Morgan fingerprint density at radius 3 is 2.54 bits per heavy atom. The average Bonchev–Trinajstić information content (AvgIpc) is 2.13. The predicted octanol–water partition coefficient (Wildman–Crippen LogP) is 0.0103. The maximum absolute atomic E-state index is 10.6. The first-order chi connectivity index (χ1) is 6.22. The molecule has 4 nitrogen and oxygen atoms in total. The Kier molecular flexibility index (Phi) is 5.90. The molecule has 0 radical (unpaired) electrons. The number of hydrogen-bond acceptors (Lipinski definition) is 3. The summed E-state index contributed by atoms with van der Waals surface area (Å²) in [5.74, 6) is 1.74. The molecule has 66 valence electrons. The van der Waals surface area contributed by atoms with E-state index in [1.807, 2.05) is 0 Å². The summed E-state index contributed by atoms with van der Waals surface area (Å²) >= 11 is 0. The van der Waals surface area contributed by atoms with E-state index in [9.17, 15) is 4.79 Å². The minimum absolute atomic E-state index is 0.0868. The van der Waals surface area contributed by atoms with Crippen LogP contribution < -0.4 is 5.43 Å². The Morgan fingerprint density at radius 2 is 2.31 bits per heavy atom. The van der Waals surface area contributed by atoms with E-state index in [-0.39, 0.29) is 5.43 Å². The van der Waals surface area contributed by atoms with Crippen molar-refractivity contribution in [2.24, 2.45) is 0 Å². The van der Waals surface area contributed by atoms with Crippen molar-refractivity contribution in [3.63, 3.8) is 0 Å². The molecule has 1 aromatic rings. The Morgan fingerprint density at radius 1 is 1.62 bits per heavy atom. The Hall–Kier alpha value is -1.83. The fraction of sp³-hybridized carbons (Fsp3) is 0.125. The molecule has 0 fully saturated rings. The number of aliphatic hydroxyl groups excluding tert-OH is 1. The van der Waals surface area contributed by atoms with Crippen LogP contribution in [0.4, 0.5) is 0 Å². The third-order valence-electron chi connectivity index (χ3n) is 1.14. The van der Waals surface area contributed by atoms with Crippen molar-refractivity contribution in [2.45, 2.75) is 6.92 Å². The third kappa shape index (κ3) is 5.45. The molecule has 0 aromatic carbocycles. The van der Waals surface area contributed by atoms with Gasteiger partial charge in [-0.25, -0.2) is 0 Å². The molecule has 1 heterocycles. The Balaban J connectivity index is 0.000000252. The standard InChI is InChI=1S/C6H7NO.C2HBO2/c1-5-4-7-3-2-6(5)8;4-2-1-3-5/h2-4H,1H3,(H,7,8);4H. The Bertz CT molecular complexity index is 375. The zero-order valence-electron chi connectivity index (χ0n) is 7.07. The van der Waals surface area contributed by atoms with Crippen LogP contribution in [0.1, 0.15) is 5.56 Å². The number of nitrogens with one attached hydrogen (secondary N) is 1. The molecule has 0 amide bonds. The summed E-state index contributed by atoms with van der Waals surface area (Å²) in [6.07, 6.45) is 4.70. The van der Waals surface area contributed by atoms with Gasteiger partial charge in [0.2, 0.25) is 0 Å². The number of aromatic nitrogens is 1. The SMILES string of the molecule is Cc1c[nH]ccc1=O.O=BC#CO. The van der Waals surface area contributed by atoms with Crippen LogP contribution >= 0.6 is 0 Å². The first-order valence-electron chi connectivity index (χ1n) is 3.44. The van der Waals surface area contributed by atoms with E-state index in [2.05, 4.69) is 4.98 Å². The number of aryl methyl sites for hydroxylation is 1. The Labute approximate surface area is 75.9 Å². The molecule has 1 rings (SSSR count). The van der Waals surface area contributed by atoms with E-state index < -0.39 is 0 Å². The molecule has 5 heteroatoms. The van der Waals surface area contributed by atoms with Crippen LogP contribution in [0.2, 0.25) is 0 Å². The van der Waals surface area contributed by atoms with Gasteiger partial charge in [0, 0.05) is 24.0 Å². The van der Waals surface area contributed by atoms with Gasteiger partial charge in [-0.1, -0.05) is 0 Å². The van der Waals surface area contributed by atoms with Crippen LogP contribution in [0.3, 0.4) is 0 Å². The second kappa shape index (κ2) is 6.86. The van der Waals surface area contributed by atoms with Crippen molar-refractivity contribution < 1.29 is 9.81 Å². The summed E-state index contributed by atoms with van der Waals surface area (Å²) in [5, 5.41) is 7.47. The van der Waals surface area contributed by atoms with Gasteiger partial charge >= 0.3 is 28.9 Å². The van der Waals surface area contributed by atoms with Gasteiger partial charge in [0.15, 0.2) is 5.43 Å². The predicted molar refractivity (Wildman–Crippen MR) is 48.0 cm³/mol. The van der Waals surface area contributed by atoms with Crippen LogP contribution in [0, 0.1) is 18.9 Å². The molecule has 0 saturated heterocycles. The minimum atomic E-state index is 0.0868. The second-order valence-corrected chi connectivity index (χ2v) is 2.07. The van der Waals surface area contributed by atoms with E-state index >= 15 is 0 Å². The fourth-order valence-electron chi connectivity index (χ4n) is 0.526. The summed E-state index contributed by atoms with van der Waals surface area (Å²) in [7, 11) is 0.319. The van der Waals surface area contributed by atoms with Gasteiger partial charge in [-0.15, -0.1) is 0 Å². The molecule has 13 heavy (non-hydrogen) atoms. The number of aliphatic hydroxyl groups is 1. The van der Waals surface area contributed by atoms with Gasteiger partial charge in [-0.05, 0) is 6.92 Å². The third-order valence-corrected chi connectivity index (χ3v) is 1.14. The molecule has 0 unspecified atom stereocenters. The molecule has 0 aliphatic rings. The topological polar surface area (TPSA) is 70.2 Å². The summed E-state index contributed by atoms with van der Waals surface area (Å²) in [4.78, 5) is 13.4. The van der Waals surface area contributed by atoms with Crippen molar-refractivity contribution in [2.75, 3.05) is 0 Å². The van der Waals surface area contributed by atoms with Gasteiger partial charge in [-0.2, -0.15) is 0 Å². The number of hydrogen-bond donors (Lipinski definition) is 2. The van der Waals surface area contributed by atoms with Crippen LogP contribution in [0.25, 0.3) is 0 Å². The van der Waals surface area contributed by atoms with Gasteiger partial charge in [-0.3, -0.25) is 4.79 Å². The van der Waals surface area contributed by atoms with Crippen LogP contribution in [0.5, 0.6) is 0 Å². The molecule has 0 atom stereocenters. The first-order valence-corrected chi connectivity index (χ1v) is 3.44. The molecule has 0 saturated carbocycles. The van der Waals surface area contributed by atoms with E-state index in [0.29, 0.717) is 7.15 Å². The monoisotopic (exact) mass is 177 g/mol. The van der Waals surface area contributed by atoms with Crippen LogP contribution in [-0.2, 0) is 4.70 Å². The summed E-state index contributed by atoms with van der Waals surface area (Å²) in [6.45, 7) is 1.78. The normalized spacial score (nSPS) is 6.85. The summed E-state index contributed by atoms with van der Waals surface area (Å²) in [5.41, 5.74) is 0.844. The van der Waals surface area contributed by atoms with E-state index in [1.54, 1.807) is 25.1 Å². The molecule has 0 bridgehead atoms. The van der Waals surface area contributed by atoms with Crippen molar-refractivity contribution >= 4 is 7.15 Å². The van der Waals surface area contributed by atoms with Crippen molar-refractivity contribution in [3.8, 4) is 11.9 Å². The zero-order valence-corrected chi connectivity index (χ0v) is 7.07. The second-order valence-electron chi connectivity index (χ2n) is 2.07. The summed E-state index contributed by atoms with van der Waals surface area (Å²) < 4.78 is 9.07. The molecule has 2 N–H and O–H groups in total. The molecule has 0 aliphatic carbocycles. The van der Waals surface area contributed by atoms with Gasteiger partial charge in [0.25, 0.3) is 0 Å². The quantitative estimate of drug-likeness (QED) is 0.433. The molecule has 0 spiro atoms. The number of aromatic amines is 1. The first kappa shape index (κ1) is 11.2.